The molecule has 25 heavy (non-hydrogen) atoms. The van der Waals surface area contributed by atoms with Crippen LogP contribution in [0.5, 0.6) is 0 Å². The van der Waals surface area contributed by atoms with Crippen LogP contribution >= 0.6 is 0 Å². The predicted octanol–water partition coefficient (Wildman–Crippen LogP) is -1.84. The summed E-state index contributed by atoms with van der Waals surface area (Å²) in [6, 6.07) is -0.173. The SMILES string of the molecule is Nc1nc(N)nc(C2CC(c3ncncn3)C(N)CC2NCCO)n1. The molecule has 0 radical (unpaired) electrons. The van der Waals surface area contributed by atoms with Gasteiger partial charge in [-0.3, -0.25) is 0 Å². The second kappa shape index (κ2) is 7.59. The van der Waals surface area contributed by atoms with Crippen molar-refractivity contribution in [2.24, 2.45) is 5.73 Å². The summed E-state index contributed by atoms with van der Waals surface area (Å²) in [4.78, 5) is 24.6. The first-order chi connectivity index (χ1) is 12.1. The number of nitrogen functional groups attached to an aromatic ring is 2. The Morgan fingerprint density at radius 2 is 1.68 bits per heavy atom. The molecule has 4 unspecified atom stereocenters. The number of aliphatic hydroxyl groups excluding tert-OH is 1. The number of hydrogen-bond donors (Lipinski definition) is 5. The van der Waals surface area contributed by atoms with Crippen molar-refractivity contribution in [2.45, 2.75) is 36.8 Å². The van der Waals surface area contributed by atoms with Gasteiger partial charge in [0.15, 0.2) is 0 Å². The van der Waals surface area contributed by atoms with Gasteiger partial charge in [-0.25, -0.2) is 15.0 Å². The number of aliphatic hydroxyl groups is 1. The number of rotatable bonds is 5. The van der Waals surface area contributed by atoms with E-state index >= 15 is 0 Å². The normalized spacial score (nSPS) is 26.5. The molecule has 1 saturated carbocycles. The summed E-state index contributed by atoms with van der Waals surface area (Å²) in [5, 5.41) is 12.4. The van der Waals surface area contributed by atoms with Gasteiger partial charge in [-0.05, 0) is 12.8 Å². The Morgan fingerprint density at radius 1 is 1.00 bits per heavy atom. The number of nitrogens with one attached hydrogen (secondary N) is 1. The van der Waals surface area contributed by atoms with E-state index in [4.69, 9.17) is 22.3 Å². The van der Waals surface area contributed by atoms with Crippen LogP contribution in [0.4, 0.5) is 11.9 Å². The minimum absolute atomic E-state index is 0.0246. The molecule has 2 heterocycles. The lowest BCUT2D eigenvalue weighted by Crippen LogP contribution is -2.49. The molecule has 1 fully saturated rings. The zero-order valence-corrected chi connectivity index (χ0v) is 13.7. The molecule has 0 spiro atoms. The van der Waals surface area contributed by atoms with Crippen molar-refractivity contribution in [3.8, 4) is 0 Å². The van der Waals surface area contributed by atoms with E-state index in [0.29, 0.717) is 31.0 Å². The highest BCUT2D eigenvalue weighted by Crippen LogP contribution is 2.38. The van der Waals surface area contributed by atoms with Crippen LogP contribution in [-0.2, 0) is 0 Å². The lowest BCUT2D eigenvalue weighted by molar-refractivity contribution is 0.231. The second-order valence-electron chi connectivity index (χ2n) is 6.04. The average molecular weight is 346 g/mol. The van der Waals surface area contributed by atoms with Crippen LogP contribution in [0, 0.1) is 0 Å². The van der Waals surface area contributed by atoms with Gasteiger partial charge in [-0.15, -0.1) is 0 Å². The molecule has 3 rings (SSSR count). The topological polar surface area (TPSA) is 188 Å². The molecule has 1 aliphatic rings. The Labute approximate surface area is 144 Å². The Morgan fingerprint density at radius 3 is 2.32 bits per heavy atom. The van der Waals surface area contributed by atoms with Crippen LogP contribution in [0.25, 0.3) is 0 Å². The van der Waals surface area contributed by atoms with Crippen LogP contribution in [-0.4, -0.2) is 60.2 Å². The van der Waals surface area contributed by atoms with Crippen LogP contribution in [0.3, 0.4) is 0 Å². The van der Waals surface area contributed by atoms with E-state index in [-0.39, 0.29) is 42.4 Å². The molecular formula is C14H22N10O. The van der Waals surface area contributed by atoms with Crippen molar-refractivity contribution in [3.63, 3.8) is 0 Å². The number of nitrogens with two attached hydrogens (primary N) is 3. The summed E-state index contributed by atoms with van der Waals surface area (Å²) in [6.07, 6.45) is 4.18. The third-order valence-corrected chi connectivity index (χ3v) is 4.42. The number of hydrogen-bond acceptors (Lipinski definition) is 11. The molecule has 1 aliphatic carbocycles. The Bertz CT molecular complexity index is 679. The van der Waals surface area contributed by atoms with Crippen LogP contribution < -0.4 is 22.5 Å². The van der Waals surface area contributed by atoms with Gasteiger partial charge in [-0.1, -0.05) is 0 Å². The quantitative estimate of drug-likeness (QED) is 0.409. The van der Waals surface area contributed by atoms with Gasteiger partial charge in [0.25, 0.3) is 0 Å². The zero-order chi connectivity index (χ0) is 17.8. The molecule has 11 heteroatoms. The Balaban J connectivity index is 1.91. The summed E-state index contributed by atoms with van der Waals surface area (Å²) >= 11 is 0. The van der Waals surface area contributed by atoms with E-state index < -0.39 is 0 Å². The minimum atomic E-state index is -0.147. The average Bonchev–Trinajstić information content (AvgIpc) is 2.60. The maximum Gasteiger partial charge on any atom is 0.225 e. The third kappa shape index (κ3) is 3.95. The summed E-state index contributed by atoms with van der Waals surface area (Å²) < 4.78 is 0. The molecule has 11 nitrogen and oxygen atoms in total. The number of nitrogens with zero attached hydrogens (tertiary/aromatic N) is 6. The van der Waals surface area contributed by atoms with E-state index in [0.717, 1.165) is 0 Å². The Kier molecular flexibility index (Phi) is 5.26. The molecular weight excluding hydrogens is 324 g/mol. The molecule has 2 aromatic heterocycles. The third-order valence-electron chi connectivity index (χ3n) is 4.42. The summed E-state index contributed by atoms with van der Waals surface area (Å²) in [6.45, 7) is 0.469. The molecule has 8 N–H and O–H groups in total. The molecule has 0 bridgehead atoms. The molecule has 0 aromatic carbocycles. The summed E-state index contributed by atoms with van der Waals surface area (Å²) in [5.74, 6) is 1.12. The first-order valence-corrected chi connectivity index (χ1v) is 8.07. The standard InChI is InChI=1S/C14H22N10O/c15-9-4-10(19-1-2-25)8(12-22-13(16)24-14(17)23-12)3-7(9)11-20-5-18-6-21-11/h5-10,19,25H,1-4,15H2,(H4,16,17,22,23,24). The lowest BCUT2D eigenvalue weighted by atomic mass is 9.74. The second-order valence-corrected chi connectivity index (χ2v) is 6.04. The summed E-state index contributed by atoms with van der Waals surface area (Å²) in [7, 11) is 0. The number of aromatic nitrogens is 6. The van der Waals surface area contributed by atoms with E-state index in [2.05, 4.69) is 35.2 Å². The van der Waals surface area contributed by atoms with E-state index in [9.17, 15) is 0 Å². The highest BCUT2D eigenvalue weighted by atomic mass is 16.3. The van der Waals surface area contributed by atoms with Gasteiger partial charge in [0, 0.05) is 30.5 Å². The molecule has 0 aliphatic heterocycles. The zero-order valence-electron chi connectivity index (χ0n) is 13.7. The summed E-state index contributed by atoms with van der Waals surface area (Å²) in [5.41, 5.74) is 17.8. The molecule has 4 atom stereocenters. The first-order valence-electron chi connectivity index (χ1n) is 8.07. The van der Waals surface area contributed by atoms with Crippen molar-refractivity contribution < 1.29 is 5.11 Å². The van der Waals surface area contributed by atoms with Gasteiger partial charge in [0.1, 0.15) is 24.3 Å². The molecule has 0 amide bonds. The van der Waals surface area contributed by atoms with Crippen LogP contribution in [0.2, 0.25) is 0 Å². The van der Waals surface area contributed by atoms with Gasteiger partial charge < -0.3 is 27.6 Å². The smallest absolute Gasteiger partial charge is 0.225 e. The van der Waals surface area contributed by atoms with Gasteiger partial charge in [0.2, 0.25) is 11.9 Å². The van der Waals surface area contributed by atoms with Gasteiger partial charge >= 0.3 is 0 Å². The highest BCUT2D eigenvalue weighted by molar-refractivity contribution is 5.28. The van der Waals surface area contributed by atoms with Crippen molar-refractivity contribution in [1.82, 2.24) is 35.2 Å². The van der Waals surface area contributed by atoms with Gasteiger partial charge in [0.05, 0.1) is 6.61 Å². The highest BCUT2D eigenvalue weighted by Gasteiger charge is 2.39. The molecule has 2 aromatic rings. The fraction of sp³-hybridized carbons (Fsp3) is 0.571. The fourth-order valence-corrected chi connectivity index (χ4v) is 3.32. The predicted molar refractivity (Wildman–Crippen MR) is 90.0 cm³/mol. The first kappa shape index (κ1) is 17.3. The van der Waals surface area contributed by atoms with Crippen molar-refractivity contribution in [2.75, 3.05) is 24.6 Å². The maximum absolute atomic E-state index is 9.14. The fourth-order valence-electron chi connectivity index (χ4n) is 3.32. The van der Waals surface area contributed by atoms with E-state index in [1.54, 1.807) is 0 Å². The minimum Gasteiger partial charge on any atom is -0.395 e. The van der Waals surface area contributed by atoms with Crippen molar-refractivity contribution >= 4 is 11.9 Å². The van der Waals surface area contributed by atoms with E-state index in [1.807, 2.05) is 0 Å². The van der Waals surface area contributed by atoms with Crippen molar-refractivity contribution in [1.29, 1.82) is 0 Å². The lowest BCUT2D eigenvalue weighted by Gasteiger charge is -2.39. The largest absolute Gasteiger partial charge is 0.395 e. The maximum atomic E-state index is 9.14. The van der Waals surface area contributed by atoms with E-state index in [1.165, 1.54) is 12.7 Å². The van der Waals surface area contributed by atoms with Gasteiger partial charge in [-0.2, -0.15) is 15.0 Å². The number of anilines is 2. The van der Waals surface area contributed by atoms with Crippen molar-refractivity contribution in [3.05, 3.63) is 24.3 Å². The Hall–Kier alpha value is -2.50. The molecule has 134 valence electrons. The molecule has 0 saturated heterocycles. The van der Waals surface area contributed by atoms with Crippen LogP contribution in [0.15, 0.2) is 12.7 Å². The van der Waals surface area contributed by atoms with Crippen LogP contribution in [0.1, 0.15) is 36.3 Å². The monoisotopic (exact) mass is 346 g/mol.